The lowest BCUT2D eigenvalue weighted by Gasteiger charge is -2.05. The summed E-state index contributed by atoms with van der Waals surface area (Å²) < 4.78 is 1.57. The van der Waals surface area contributed by atoms with Gasteiger partial charge in [0.15, 0.2) is 0 Å². The zero-order valence-electron chi connectivity index (χ0n) is 12.5. The van der Waals surface area contributed by atoms with Gasteiger partial charge in [0.25, 0.3) is 0 Å². The molecule has 3 N–H and O–H groups in total. The first kappa shape index (κ1) is 15.6. The highest BCUT2D eigenvalue weighted by atomic mass is 16.4. The topological polar surface area (TPSA) is 96.3 Å². The summed E-state index contributed by atoms with van der Waals surface area (Å²) in [6.07, 6.45) is -0.118. The number of anilines is 1. The second kappa shape index (κ2) is 6.75. The molecule has 0 aliphatic rings. The van der Waals surface area contributed by atoms with E-state index in [9.17, 15) is 9.59 Å². The van der Waals surface area contributed by atoms with E-state index in [1.807, 2.05) is 31.2 Å². The summed E-state index contributed by atoms with van der Waals surface area (Å²) in [5.41, 5.74) is 2.86. The molecule has 2 aromatic rings. The van der Waals surface area contributed by atoms with Gasteiger partial charge >= 0.3 is 12.0 Å². The Balaban J connectivity index is 2.06. The van der Waals surface area contributed by atoms with Crippen LogP contribution in [0.4, 0.5) is 10.6 Å². The summed E-state index contributed by atoms with van der Waals surface area (Å²) in [6, 6.07) is 9.17. The maximum absolute atomic E-state index is 11.7. The molecular formula is C15H18N4O3. The number of nitrogens with one attached hydrogen (secondary N) is 2. The molecule has 2 rings (SSSR count). The van der Waals surface area contributed by atoms with Crippen molar-refractivity contribution >= 4 is 17.8 Å². The Morgan fingerprint density at radius 3 is 2.73 bits per heavy atom. The number of aromatic nitrogens is 2. The van der Waals surface area contributed by atoms with E-state index in [0.717, 1.165) is 16.8 Å². The van der Waals surface area contributed by atoms with Crippen LogP contribution in [0.5, 0.6) is 0 Å². The van der Waals surface area contributed by atoms with Crippen molar-refractivity contribution in [3.63, 3.8) is 0 Å². The van der Waals surface area contributed by atoms with E-state index >= 15 is 0 Å². The van der Waals surface area contributed by atoms with Crippen molar-refractivity contribution in [1.29, 1.82) is 0 Å². The highest BCUT2D eigenvalue weighted by Gasteiger charge is 2.11. The number of amides is 2. The minimum Gasteiger partial charge on any atom is -0.481 e. The summed E-state index contributed by atoms with van der Waals surface area (Å²) >= 11 is 0. The van der Waals surface area contributed by atoms with Crippen molar-refractivity contribution in [3.05, 3.63) is 35.9 Å². The molecular weight excluding hydrogens is 284 g/mol. The van der Waals surface area contributed by atoms with Gasteiger partial charge in [-0.15, -0.1) is 0 Å². The number of hydrogen-bond acceptors (Lipinski definition) is 3. The van der Waals surface area contributed by atoms with Crippen molar-refractivity contribution in [3.8, 4) is 11.3 Å². The fourth-order valence-corrected chi connectivity index (χ4v) is 2.02. The first-order valence-corrected chi connectivity index (χ1v) is 6.84. The first-order chi connectivity index (χ1) is 10.5. The number of rotatable bonds is 5. The number of carboxylic acid groups (broad SMARTS) is 1. The third-order valence-corrected chi connectivity index (χ3v) is 3.17. The number of nitrogens with zero attached hydrogens (tertiary/aromatic N) is 2. The SMILES string of the molecule is Cc1ccccc1-c1cc(NC(=O)NCCC(=O)O)n(C)n1. The van der Waals surface area contributed by atoms with Crippen LogP contribution in [0.1, 0.15) is 12.0 Å². The highest BCUT2D eigenvalue weighted by molar-refractivity contribution is 5.89. The molecule has 1 heterocycles. The van der Waals surface area contributed by atoms with Gasteiger partial charge in [-0.25, -0.2) is 4.79 Å². The molecule has 0 saturated carbocycles. The van der Waals surface area contributed by atoms with Crippen LogP contribution in [-0.4, -0.2) is 33.4 Å². The van der Waals surface area contributed by atoms with E-state index in [1.165, 1.54) is 0 Å². The fourth-order valence-electron chi connectivity index (χ4n) is 2.02. The molecule has 7 heteroatoms. The Bertz CT molecular complexity index is 694. The number of benzene rings is 1. The molecule has 7 nitrogen and oxygen atoms in total. The monoisotopic (exact) mass is 302 g/mol. The number of aliphatic carboxylic acids is 1. The van der Waals surface area contributed by atoms with Crippen LogP contribution in [0.15, 0.2) is 30.3 Å². The number of carboxylic acids is 1. The van der Waals surface area contributed by atoms with Gasteiger partial charge in [-0.2, -0.15) is 5.10 Å². The van der Waals surface area contributed by atoms with Crippen LogP contribution in [-0.2, 0) is 11.8 Å². The highest BCUT2D eigenvalue weighted by Crippen LogP contribution is 2.24. The maximum Gasteiger partial charge on any atom is 0.320 e. The molecule has 22 heavy (non-hydrogen) atoms. The smallest absolute Gasteiger partial charge is 0.320 e. The van der Waals surface area contributed by atoms with E-state index < -0.39 is 12.0 Å². The zero-order valence-corrected chi connectivity index (χ0v) is 12.5. The Morgan fingerprint density at radius 2 is 2.05 bits per heavy atom. The third kappa shape index (κ3) is 3.85. The lowest BCUT2D eigenvalue weighted by atomic mass is 10.1. The van der Waals surface area contributed by atoms with Crippen molar-refractivity contribution in [2.45, 2.75) is 13.3 Å². The number of urea groups is 1. The van der Waals surface area contributed by atoms with Crippen molar-refractivity contribution in [2.75, 3.05) is 11.9 Å². The fraction of sp³-hybridized carbons (Fsp3) is 0.267. The molecule has 0 saturated heterocycles. The van der Waals surface area contributed by atoms with Gasteiger partial charge in [0.2, 0.25) is 0 Å². The Morgan fingerprint density at radius 1 is 1.32 bits per heavy atom. The standard InChI is InChI=1S/C15H18N4O3/c1-10-5-3-4-6-11(10)12-9-13(19(2)18-12)17-15(22)16-8-7-14(20)21/h3-6,9H,7-8H2,1-2H3,(H,20,21)(H2,16,17,22). The minimum absolute atomic E-state index is 0.0731. The molecule has 1 aromatic heterocycles. The van der Waals surface area contributed by atoms with Crippen LogP contribution in [0, 0.1) is 6.92 Å². The quantitative estimate of drug-likeness (QED) is 0.787. The molecule has 0 bridgehead atoms. The van der Waals surface area contributed by atoms with Crippen molar-refractivity contribution < 1.29 is 14.7 Å². The number of aryl methyl sites for hydroxylation is 2. The first-order valence-electron chi connectivity index (χ1n) is 6.84. The number of hydrogen-bond donors (Lipinski definition) is 3. The number of carbonyl (C=O) groups is 2. The van der Waals surface area contributed by atoms with Crippen molar-refractivity contribution in [1.82, 2.24) is 15.1 Å². The zero-order chi connectivity index (χ0) is 16.1. The molecule has 0 spiro atoms. The third-order valence-electron chi connectivity index (χ3n) is 3.17. The number of carbonyl (C=O) groups excluding carboxylic acids is 1. The van der Waals surface area contributed by atoms with E-state index in [4.69, 9.17) is 5.11 Å². The minimum atomic E-state index is -0.956. The normalized spacial score (nSPS) is 10.3. The average molecular weight is 302 g/mol. The molecule has 0 radical (unpaired) electrons. The van der Waals surface area contributed by atoms with E-state index in [1.54, 1.807) is 17.8 Å². The summed E-state index contributed by atoms with van der Waals surface area (Å²) in [7, 11) is 1.73. The second-order valence-corrected chi connectivity index (χ2v) is 4.88. The Kier molecular flexibility index (Phi) is 4.77. The van der Waals surface area contributed by atoms with Crippen LogP contribution in [0.25, 0.3) is 11.3 Å². The predicted molar refractivity (Wildman–Crippen MR) is 82.7 cm³/mol. The largest absolute Gasteiger partial charge is 0.481 e. The van der Waals surface area contributed by atoms with Gasteiger partial charge in [0.1, 0.15) is 5.82 Å². The van der Waals surface area contributed by atoms with Gasteiger partial charge in [-0.1, -0.05) is 24.3 Å². The Labute approximate surface area is 128 Å². The van der Waals surface area contributed by atoms with Crippen LogP contribution < -0.4 is 10.6 Å². The molecule has 0 aliphatic carbocycles. The van der Waals surface area contributed by atoms with E-state index in [0.29, 0.717) is 5.82 Å². The van der Waals surface area contributed by atoms with Gasteiger partial charge in [0.05, 0.1) is 12.1 Å². The summed E-state index contributed by atoms with van der Waals surface area (Å²) in [5.74, 6) is -0.422. The summed E-state index contributed by atoms with van der Waals surface area (Å²) in [5, 5.41) is 18.0. The lowest BCUT2D eigenvalue weighted by molar-refractivity contribution is -0.136. The second-order valence-electron chi connectivity index (χ2n) is 4.88. The molecule has 0 aliphatic heterocycles. The van der Waals surface area contributed by atoms with Gasteiger partial charge in [0, 0.05) is 25.2 Å². The summed E-state index contributed by atoms with van der Waals surface area (Å²) in [6.45, 7) is 2.07. The van der Waals surface area contributed by atoms with Gasteiger partial charge in [-0.05, 0) is 12.5 Å². The Hall–Kier alpha value is -2.83. The predicted octanol–water partition coefficient (Wildman–Crippen LogP) is 1.99. The van der Waals surface area contributed by atoms with Crippen LogP contribution in [0.3, 0.4) is 0 Å². The van der Waals surface area contributed by atoms with E-state index in [-0.39, 0.29) is 13.0 Å². The average Bonchev–Trinajstić information content (AvgIpc) is 2.80. The van der Waals surface area contributed by atoms with Gasteiger partial charge < -0.3 is 10.4 Å². The van der Waals surface area contributed by atoms with Gasteiger partial charge in [-0.3, -0.25) is 14.8 Å². The molecule has 116 valence electrons. The maximum atomic E-state index is 11.7. The molecule has 2 amide bonds. The summed E-state index contributed by atoms with van der Waals surface area (Å²) in [4.78, 5) is 22.1. The molecule has 1 aromatic carbocycles. The molecule has 0 unspecified atom stereocenters. The molecule has 0 atom stereocenters. The lowest BCUT2D eigenvalue weighted by Crippen LogP contribution is -2.31. The van der Waals surface area contributed by atoms with Crippen molar-refractivity contribution in [2.24, 2.45) is 7.05 Å². The van der Waals surface area contributed by atoms with Crippen LogP contribution >= 0.6 is 0 Å². The van der Waals surface area contributed by atoms with E-state index in [2.05, 4.69) is 15.7 Å². The molecule has 0 fully saturated rings. The van der Waals surface area contributed by atoms with Crippen LogP contribution in [0.2, 0.25) is 0 Å².